The molecule has 16 nitrogen and oxygen atoms in total. The van der Waals surface area contributed by atoms with E-state index in [1.54, 1.807) is 48.2 Å². The molecule has 9 rings (SSSR count). The van der Waals surface area contributed by atoms with Crippen LogP contribution in [0.25, 0.3) is 11.1 Å². The summed E-state index contributed by atoms with van der Waals surface area (Å²) >= 11 is 0. The number of likely N-dealkylation sites (tertiary alicyclic amines) is 1. The lowest BCUT2D eigenvalue weighted by Gasteiger charge is -2.34. The van der Waals surface area contributed by atoms with Gasteiger partial charge in [0.15, 0.2) is 5.82 Å². The molecular weight excluding hydrogens is 827 g/mol. The molecule has 18 heteroatoms. The number of anilines is 2. The van der Waals surface area contributed by atoms with E-state index in [1.165, 1.54) is 4.90 Å². The van der Waals surface area contributed by atoms with E-state index in [4.69, 9.17) is 9.84 Å². The number of piperidine rings is 2. The van der Waals surface area contributed by atoms with Crippen LogP contribution < -0.4 is 20.3 Å². The third-order valence-corrected chi connectivity index (χ3v) is 13.4. The number of carbonyl (C=O) groups excluding carboxylic acids is 5. The normalized spacial score (nSPS) is 18.9. The number of fused-ring (bicyclic) bond motifs is 3. The zero-order valence-electron chi connectivity index (χ0n) is 36.3. The van der Waals surface area contributed by atoms with Gasteiger partial charge in [-0.25, -0.2) is 13.6 Å². The van der Waals surface area contributed by atoms with Crippen molar-refractivity contribution in [2.45, 2.75) is 102 Å². The van der Waals surface area contributed by atoms with Crippen molar-refractivity contribution in [1.29, 1.82) is 0 Å². The summed E-state index contributed by atoms with van der Waals surface area (Å²) in [4.78, 5) is 71.1. The van der Waals surface area contributed by atoms with Gasteiger partial charge in [0, 0.05) is 100 Å². The molecule has 4 aromatic rings. The first kappa shape index (κ1) is 42.9. The lowest BCUT2D eigenvalue weighted by molar-refractivity contribution is -0.137. The average Bonchev–Trinajstić information content (AvgIpc) is 4.01. The first-order chi connectivity index (χ1) is 31.0. The molecule has 2 fully saturated rings. The maximum absolute atomic E-state index is 14.7. The minimum atomic E-state index is -2.70. The fourth-order valence-corrected chi connectivity index (χ4v) is 10.1. The molecule has 2 aromatic heterocycles. The number of nitrogens with one attached hydrogen (secondary N) is 2. The van der Waals surface area contributed by atoms with Gasteiger partial charge < -0.3 is 29.7 Å². The number of ether oxygens (including phenoxy) is 1. The molecule has 7 heterocycles. The van der Waals surface area contributed by atoms with Crippen molar-refractivity contribution in [3.8, 4) is 16.9 Å². The second-order valence-electron chi connectivity index (χ2n) is 17.4. The fraction of sp³-hybridized carbons (Fsp3) is 0.500. The Hall–Kier alpha value is -6.33. The smallest absolute Gasteiger partial charge is 0.317 e. The number of aryl methyl sites for hydroxylation is 2. The Labute approximate surface area is 369 Å². The van der Waals surface area contributed by atoms with E-state index in [0.717, 1.165) is 41.6 Å². The third kappa shape index (κ3) is 8.29. The zero-order valence-corrected chi connectivity index (χ0v) is 36.3. The van der Waals surface area contributed by atoms with Gasteiger partial charge in [-0.3, -0.25) is 33.9 Å². The van der Waals surface area contributed by atoms with Crippen LogP contribution in [0.4, 0.5) is 25.1 Å². The molecular formula is C46H54F2N10O6. The van der Waals surface area contributed by atoms with Crippen LogP contribution >= 0.6 is 0 Å². The maximum atomic E-state index is 14.7. The van der Waals surface area contributed by atoms with E-state index in [9.17, 15) is 32.8 Å². The van der Waals surface area contributed by atoms with Crippen molar-refractivity contribution >= 4 is 41.2 Å². The number of hydrogen-bond acceptors (Lipinski definition) is 9. The molecule has 64 heavy (non-hydrogen) atoms. The maximum Gasteiger partial charge on any atom is 0.317 e. The monoisotopic (exact) mass is 880 g/mol. The molecule has 1 unspecified atom stereocenters. The zero-order chi connectivity index (χ0) is 44.6. The lowest BCUT2D eigenvalue weighted by atomic mass is 9.92. The van der Waals surface area contributed by atoms with Gasteiger partial charge in [0.05, 0.1) is 31.0 Å². The van der Waals surface area contributed by atoms with E-state index in [-0.39, 0.29) is 48.3 Å². The summed E-state index contributed by atoms with van der Waals surface area (Å²) in [5.41, 5.74) is 5.96. The highest BCUT2D eigenvalue weighted by Gasteiger charge is 2.41. The molecule has 5 aliphatic rings. The number of imide groups is 1. The second kappa shape index (κ2) is 18.0. The minimum absolute atomic E-state index is 0.0338. The fourth-order valence-electron chi connectivity index (χ4n) is 10.1. The Bertz CT molecular complexity index is 2480. The van der Waals surface area contributed by atoms with Crippen molar-refractivity contribution in [2.75, 3.05) is 44.7 Å². The van der Waals surface area contributed by atoms with Gasteiger partial charge in [0.25, 0.3) is 12.3 Å². The number of alkyl halides is 2. The van der Waals surface area contributed by atoms with E-state index in [1.807, 2.05) is 23.1 Å². The molecule has 6 amide bonds. The molecule has 338 valence electrons. The number of benzene rings is 2. The van der Waals surface area contributed by atoms with Crippen molar-refractivity contribution in [1.82, 2.24) is 44.9 Å². The Morgan fingerprint density at radius 2 is 1.78 bits per heavy atom. The van der Waals surface area contributed by atoms with Crippen LogP contribution in [0.15, 0.2) is 42.7 Å². The van der Waals surface area contributed by atoms with Crippen LogP contribution in [0.1, 0.15) is 109 Å². The molecule has 0 aliphatic carbocycles. The summed E-state index contributed by atoms with van der Waals surface area (Å²) in [6, 6.07) is 8.09. The van der Waals surface area contributed by atoms with Gasteiger partial charge in [-0.1, -0.05) is 12.1 Å². The number of hydrogen-bond donors (Lipinski definition) is 2. The number of nitrogens with zero attached hydrogens (tertiary/aromatic N) is 8. The quantitative estimate of drug-likeness (QED) is 0.137. The summed E-state index contributed by atoms with van der Waals surface area (Å²) in [6.07, 6.45) is 7.32. The van der Waals surface area contributed by atoms with E-state index < -0.39 is 18.4 Å². The Morgan fingerprint density at radius 1 is 0.953 bits per heavy atom. The Balaban J connectivity index is 0.818. The number of rotatable bonds is 12. The lowest BCUT2D eigenvalue weighted by Crippen LogP contribution is -2.52. The first-order valence-corrected chi connectivity index (χ1v) is 22.4. The summed E-state index contributed by atoms with van der Waals surface area (Å²) in [6.45, 7) is 3.31. The highest BCUT2D eigenvalue weighted by atomic mass is 19.3. The molecule has 1 atom stereocenters. The van der Waals surface area contributed by atoms with Crippen molar-refractivity contribution in [3.63, 3.8) is 0 Å². The topological polar surface area (TPSA) is 167 Å². The third-order valence-electron chi connectivity index (χ3n) is 13.4. The summed E-state index contributed by atoms with van der Waals surface area (Å²) in [5.74, 6) is 0.223. The van der Waals surface area contributed by atoms with Crippen LogP contribution in [0, 0.1) is 0 Å². The van der Waals surface area contributed by atoms with Crippen LogP contribution in [0.2, 0.25) is 0 Å². The molecule has 2 saturated heterocycles. The van der Waals surface area contributed by atoms with Gasteiger partial charge in [0.1, 0.15) is 11.8 Å². The van der Waals surface area contributed by atoms with Crippen molar-refractivity contribution < 1.29 is 37.5 Å². The molecule has 0 bridgehead atoms. The number of urea groups is 1. The highest BCUT2D eigenvalue weighted by Crippen LogP contribution is 2.44. The predicted molar refractivity (Wildman–Crippen MR) is 231 cm³/mol. The number of halogens is 2. The Kier molecular flexibility index (Phi) is 12.1. The standard InChI is InChI=1S/C46H54F2N10O6/c1-49-46(63)55-20-16-35-34(27-55)43(56-17-7-9-28-22-32(30-24-50-53(2)25-30)33(42(47)48)23-37(28)56)52-58(35)31-14-18-54(19-15-31)40(60)11-4-3-5-21-64-38-10-6-8-29-26-57(45(62)41(29)38)36-12-13-39(59)51-44(36)61/h6,8,10,22-25,31,36,42H,3-5,7,9,11-21,26-27H2,1-2H3,(H,49,63)(H,51,59,61). The van der Waals surface area contributed by atoms with Crippen LogP contribution in [0.5, 0.6) is 5.75 Å². The summed E-state index contributed by atoms with van der Waals surface area (Å²) in [5, 5.41) is 14.6. The Morgan fingerprint density at radius 3 is 2.53 bits per heavy atom. The van der Waals surface area contributed by atoms with Gasteiger partial charge in [0.2, 0.25) is 17.7 Å². The minimum Gasteiger partial charge on any atom is -0.493 e. The van der Waals surface area contributed by atoms with E-state index in [2.05, 4.69) is 25.3 Å². The van der Waals surface area contributed by atoms with Crippen LogP contribution in [-0.4, -0.2) is 110 Å². The largest absolute Gasteiger partial charge is 0.493 e. The number of carbonyl (C=O) groups is 5. The molecule has 0 saturated carbocycles. The molecule has 0 radical (unpaired) electrons. The van der Waals surface area contributed by atoms with Crippen LogP contribution in [0.3, 0.4) is 0 Å². The first-order valence-electron chi connectivity index (χ1n) is 22.4. The van der Waals surface area contributed by atoms with Crippen LogP contribution in [-0.2, 0) is 47.4 Å². The van der Waals surface area contributed by atoms with Crippen molar-refractivity contribution in [3.05, 3.63) is 76.2 Å². The molecule has 2 aromatic carbocycles. The molecule has 2 N–H and O–H groups in total. The predicted octanol–water partition coefficient (Wildman–Crippen LogP) is 5.57. The average molecular weight is 881 g/mol. The number of aromatic nitrogens is 4. The number of amides is 6. The van der Waals surface area contributed by atoms with Gasteiger partial charge in [-0.2, -0.15) is 10.2 Å². The highest BCUT2D eigenvalue weighted by molar-refractivity contribution is 6.06. The van der Waals surface area contributed by atoms with Crippen molar-refractivity contribution in [2.24, 2.45) is 7.05 Å². The van der Waals surface area contributed by atoms with E-state index in [0.29, 0.717) is 118 Å². The summed E-state index contributed by atoms with van der Waals surface area (Å²) in [7, 11) is 3.38. The van der Waals surface area contributed by atoms with Gasteiger partial charge in [-0.05, 0) is 86.3 Å². The second-order valence-corrected chi connectivity index (χ2v) is 17.4. The molecule has 5 aliphatic heterocycles. The van der Waals surface area contributed by atoms with E-state index >= 15 is 0 Å². The summed E-state index contributed by atoms with van der Waals surface area (Å²) < 4.78 is 39.2. The number of unbranched alkanes of at least 4 members (excludes halogenated alkanes) is 2. The van der Waals surface area contributed by atoms with Gasteiger partial charge in [-0.15, -0.1) is 0 Å². The van der Waals surface area contributed by atoms with Gasteiger partial charge >= 0.3 is 6.03 Å². The SMILES string of the molecule is CNC(=O)N1CCc2c(c(N3CCCc4cc(-c5cnn(C)c5)c(C(F)F)cc43)nn2C2CCN(C(=O)CCCCCOc3cccc4c3C(=O)N(C3CCC(=O)NC3=O)C4)CC2)C1. The molecule has 0 spiro atoms.